The van der Waals surface area contributed by atoms with E-state index in [0.717, 1.165) is 0 Å². The van der Waals surface area contributed by atoms with E-state index in [1.807, 2.05) is 0 Å². The number of ketones is 1. The van der Waals surface area contributed by atoms with E-state index in [0.29, 0.717) is 16.9 Å². The zero-order valence-electron chi connectivity index (χ0n) is 11.4. The van der Waals surface area contributed by atoms with E-state index in [-0.39, 0.29) is 25.4 Å². The molecule has 5 heteroatoms. The number of carbonyl (C=O) groups excluding carboxylic acids is 2. The van der Waals surface area contributed by atoms with Crippen LogP contribution in [0.15, 0.2) is 18.2 Å². The maximum atomic E-state index is 12.0. The molecule has 104 valence electrons. The van der Waals surface area contributed by atoms with Crippen molar-refractivity contribution < 1.29 is 23.8 Å². The second-order valence-electron chi connectivity index (χ2n) is 3.86. The molecule has 19 heavy (non-hydrogen) atoms. The summed E-state index contributed by atoms with van der Waals surface area (Å²) in [4.78, 5) is 23.3. The highest BCUT2D eigenvalue weighted by Crippen LogP contribution is 2.20. The summed E-state index contributed by atoms with van der Waals surface area (Å²) in [6.45, 7) is 2.24. The molecule has 0 N–H and O–H groups in total. The molecule has 1 rings (SSSR count). The third-order valence-electron chi connectivity index (χ3n) is 2.52. The fraction of sp³-hybridized carbons (Fsp3) is 0.429. The third kappa shape index (κ3) is 4.37. The third-order valence-corrected chi connectivity index (χ3v) is 2.52. The van der Waals surface area contributed by atoms with Gasteiger partial charge >= 0.3 is 5.97 Å². The van der Waals surface area contributed by atoms with Crippen molar-refractivity contribution in [3.05, 3.63) is 29.3 Å². The first kappa shape index (κ1) is 15.2. The molecule has 0 spiro atoms. The van der Waals surface area contributed by atoms with Gasteiger partial charge in [0.25, 0.3) is 0 Å². The van der Waals surface area contributed by atoms with Crippen LogP contribution < -0.4 is 4.74 Å². The molecular formula is C14H18O5. The molecule has 1 aromatic carbocycles. The molecule has 0 aromatic heterocycles. The number of ether oxygens (including phenoxy) is 3. The average molecular weight is 266 g/mol. The monoisotopic (exact) mass is 266 g/mol. The second kappa shape index (κ2) is 7.53. The van der Waals surface area contributed by atoms with Gasteiger partial charge in [-0.3, -0.25) is 9.59 Å². The lowest BCUT2D eigenvalue weighted by Gasteiger charge is -2.10. The SMILES string of the molecule is CCOC(=O)CC(=O)c1ccc(OC)cc1COC. The molecule has 0 saturated carbocycles. The highest BCUT2D eigenvalue weighted by molar-refractivity contribution is 6.06. The summed E-state index contributed by atoms with van der Waals surface area (Å²) in [5.74, 6) is -0.167. The van der Waals surface area contributed by atoms with Gasteiger partial charge in [-0.1, -0.05) is 0 Å². The number of hydrogen-bond acceptors (Lipinski definition) is 5. The van der Waals surface area contributed by atoms with E-state index in [9.17, 15) is 9.59 Å². The molecule has 1 aromatic rings. The molecule has 0 unspecified atom stereocenters. The second-order valence-corrected chi connectivity index (χ2v) is 3.86. The number of benzene rings is 1. The van der Waals surface area contributed by atoms with Gasteiger partial charge in [0.2, 0.25) is 0 Å². The van der Waals surface area contributed by atoms with E-state index in [1.54, 1.807) is 39.3 Å². The molecule has 0 bridgehead atoms. The van der Waals surface area contributed by atoms with Crippen molar-refractivity contribution in [1.82, 2.24) is 0 Å². The standard InChI is InChI=1S/C14H18O5/c1-4-19-14(16)8-13(15)12-6-5-11(18-3)7-10(12)9-17-2/h5-7H,4,8-9H2,1-3H3. The van der Waals surface area contributed by atoms with Gasteiger partial charge in [0.05, 0.1) is 20.3 Å². The zero-order valence-corrected chi connectivity index (χ0v) is 11.4. The Hall–Kier alpha value is -1.88. The Morgan fingerprint density at radius 1 is 1.21 bits per heavy atom. The van der Waals surface area contributed by atoms with Crippen LogP contribution in [-0.2, 0) is 20.9 Å². The fourth-order valence-corrected chi connectivity index (χ4v) is 1.68. The van der Waals surface area contributed by atoms with Crippen molar-refractivity contribution in [2.24, 2.45) is 0 Å². The number of rotatable bonds is 7. The normalized spacial score (nSPS) is 10.1. The van der Waals surface area contributed by atoms with Gasteiger partial charge in [0, 0.05) is 12.7 Å². The Labute approximate surface area is 112 Å². The minimum Gasteiger partial charge on any atom is -0.497 e. The Kier molecular flexibility index (Phi) is 6.02. The molecule has 0 aliphatic heterocycles. The average Bonchev–Trinajstić information content (AvgIpc) is 2.39. The van der Waals surface area contributed by atoms with Crippen molar-refractivity contribution in [1.29, 1.82) is 0 Å². The van der Waals surface area contributed by atoms with Crippen molar-refractivity contribution in [2.75, 3.05) is 20.8 Å². The quantitative estimate of drug-likeness (QED) is 0.429. The Balaban J connectivity index is 2.91. The Morgan fingerprint density at radius 2 is 1.95 bits per heavy atom. The zero-order chi connectivity index (χ0) is 14.3. The lowest BCUT2D eigenvalue weighted by molar-refractivity contribution is -0.141. The maximum Gasteiger partial charge on any atom is 0.313 e. The van der Waals surface area contributed by atoms with Crippen LogP contribution in [0.1, 0.15) is 29.3 Å². The summed E-state index contributed by atoms with van der Waals surface area (Å²) >= 11 is 0. The molecule has 0 heterocycles. The summed E-state index contributed by atoms with van der Waals surface area (Å²) < 4.78 is 14.9. The first-order valence-corrected chi connectivity index (χ1v) is 5.97. The van der Waals surface area contributed by atoms with Crippen molar-refractivity contribution in [3.8, 4) is 5.75 Å². The highest BCUT2D eigenvalue weighted by atomic mass is 16.5. The largest absolute Gasteiger partial charge is 0.497 e. The van der Waals surface area contributed by atoms with Crippen LogP contribution >= 0.6 is 0 Å². The minimum atomic E-state index is -0.522. The molecule has 0 aliphatic carbocycles. The van der Waals surface area contributed by atoms with Gasteiger partial charge in [-0.25, -0.2) is 0 Å². The summed E-state index contributed by atoms with van der Waals surface area (Å²) in [5.41, 5.74) is 1.15. The maximum absolute atomic E-state index is 12.0. The van der Waals surface area contributed by atoms with Gasteiger partial charge in [0.1, 0.15) is 12.2 Å². The summed E-state index contributed by atoms with van der Waals surface area (Å²) in [5, 5.41) is 0. The smallest absolute Gasteiger partial charge is 0.313 e. The molecule has 0 saturated heterocycles. The van der Waals surface area contributed by atoms with E-state index in [4.69, 9.17) is 14.2 Å². The van der Waals surface area contributed by atoms with E-state index in [2.05, 4.69) is 0 Å². The Bertz CT molecular complexity index is 453. The van der Waals surface area contributed by atoms with E-state index in [1.165, 1.54) is 0 Å². The van der Waals surface area contributed by atoms with E-state index < -0.39 is 5.97 Å². The van der Waals surface area contributed by atoms with E-state index >= 15 is 0 Å². The van der Waals surface area contributed by atoms with Gasteiger partial charge in [-0.05, 0) is 30.7 Å². The summed E-state index contributed by atoms with van der Waals surface area (Å²) in [7, 11) is 3.09. The predicted octanol–water partition coefficient (Wildman–Crippen LogP) is 1.98. The van der Waals surface area contributed by atoms with Gasteiger partial charge in [-0.15, -0.1) is 0 Å². The van der Waals surface area contributed by atoms with Gasteiger partial charge in [-0.2, -0.15) is 0 Å². The number of hydrogen-bond donors (Lipinski definition) is 0. The number of esters is 1. The van der Waals surface area contributed by atoms with Crippen molar-refractivity contribution in [2.45, 2.75) is 20.0 Å². The van der Waals surface area contributed by atoms with Crippen LogP contribution in [-0.4, -0.2) is 32.6 Å². The first-order chi connectivity index (χ1) is 9.12. The van der Waals surface area contributed by atoms with Crippen LogP contribution in [0, 0.1) is 0 Å². The van der Waals surface area contributed by atoms with Crippen LogP contribution in [0.3, 0.4) is 0 Å². The van der Waals surface area contributed by atoms with Gasteiger partial charge < -0.3 is 14.2 Å². The molecule has 5 nitrogen and oxygen atoms in total. The fourth-order valence-electron chi connectivity index (χ4n) is 1.68. The number of carbonyl (C=O) groups is 2. The topological polar surface area (TPSA) is 61.8 Å². The Morgan fingerprint density at radius 3 is 2.53 bits per heavy atom. The van der Waals surface area contributed by atoms with Gasteiger partial charge in [0.15, 0.2) is 5.78 Å². The number of Topliss-reactive ketones (excluding diaryl/α,β-unsaturated/α-hetero) is 1. The van der Waals surface area contributed by atoms with Crippen LogP contribution in [0.4, 0.5) is 0 Å². The first-order valence-electron chi connectivity index (χ1n) is 5.97. The number of methoxy groups -OCH3 is 2. The molecule has 0 radical (unpaired) electrons. The summed E-state index contributed by atoms with van der Waals surface area (Å²) in [6, 6.07) is 5.04. The van der Waals surface area contributed by atoms with Crippen LogP contribution in [0.5, 0.6) is 5.75 Å². The van der Waals surface area contributed by atoms with Crippen LogP contribution in [0.25, 0.3) is 0 Å². The molecular weight excluding hydrogens is 248 g/mol. The minimum absolute atomic E-state index is 0.264. The molecule has 0 atom stereocenters. The molecule has 0 fully saturated rings. The highest BCUT2D eigenvalue weighted by Gasteiger charge is 2.16. The van der Waals surface area contributed by atoms with Crippen molar-refractivity contribution in [3.63, 3.8) is 0 Å². The van der Waals surface area contributed by atoms with Crippen LogP contribution in [0.2, 0.25) is 0 Å². The lowest BCUT2D eigenvalue weighted by Crippen LogP contribution is -2.13. The lowest BCUT2D eigenvalue weighted by atomic mass is 10.0. The molecule has 0 amide bonds. The van der Waals surface area contributed by atoms with Crippen molar-refractivity contribution >= 4 is 11.8 Å². The predicted molar refractivity (Wildman–Crippen MR) is 69.3 cm³/mol. The molecule has 0 aliphatic rings. The summed E-state index contributed by atoms with van der Waals surface area (Å²) in [6.07, 6.45) is -0.267.